The van der Waals surface area contributed by atoms with Gasteiger partial charge in [-0.3, -0.25) is 4.79 Å². The third kappa shape index (κ3) is 3.60. The molecule has 1 amide bonds. The molecule has 3 rings (SSSR count). The van der Waals surface area contributed by atoms with Gasteiger partial charge in [-0.15, -0.1) is 11.3 Å². The standard InChI is InChI=1S/C20H23NO4S/c1-4-25-20(23)17-14-7-5-6-8-16(14)26-19(17)21-18(22)13-9-10-15(24-3)12(2)11-13/h9-11H,4-8H2,1-3H3,(H,21,22). The average Bonchev–Trinajstić information content (AvgIpc) is 2.99. The molecule has 1 aromatic heterocycles. The van der Waals surface area contributed by atoms with Crippen LogP contribution in [0.25, 0.3) is 0 Å². The Balaban J connectivity index is 1.91. The summed E-state index contributed by atoms with van der Waals surface area (Å²) in [4.78, 5) is 26.4. The zero-order valence-corrected chi connectivity index (χ0v) is 16.1. The van der Waals surface area contributed by atoms with Gasteiger partial charge in [0.15, 0.2) is 0 Å². The van der Waals surface area contributed by atoms with Crippen molar-refractivity contribution in [2.45, 2.75) is 39.5 Å². The van der Waals surface area contributed by atoms with E-state index >= 15 is 0 Å². The largest absolute Gasteiger partial charge is 0.496 e. The van der Waals surface area contributed by atoms with Crippen LogP contribution in [0.5, 0.6) is 5.75 Å². The Kier molecular flexibility index (Phi) is 5.61. The van der Waals surface area contributed by atoms with Gasteiger partial charge in [-0.1, -0.05) is 0 Å². The molecule has 0 atom stereocenters. The maximum Gasteiger partial charge on any atom is 0.341 e. The fourth-order valence-corrected chi connectivity index (χ4v) is 4.54. The molecular formula is C20H23NO4S. The number of anilines is 1. The SMILES string of the molecule is CCOC(=O)c1c(NC(=O)c2ccc(OC)c(C)c2)sc2c1CCCC2. The van der Waals surface area contributed by atoms with Crippen LogP contribution >= 0.6 is 11.3 Å². The zero-order valence-electron chi connectivity index (χ0n) is 15.3. The summed E-state index contributed by atoms with van der Waals surface area (Å²) in [5.41, 5.74) is 2.99. The fourth-order valence-electron chi connectivity index (χ4n) is 3.27. The van der Waals surface area contributed by atoms with Gasteiger partial charge in [0.2, 0.25) is 0 Å². The van der Waals surface area contributed by atoms with Crippen LogP contribution < -0.4 is 10.1 Å². The van der Waals surface area contributed by atoms with Crippen LogP contribution in [0.1, 0.15) is 56.5 Å². The smallest absolute Gasteiger partial charge is 0.341 e. The van der Waals surface area contributed by atoms with E-state index in [1.807, 2.05) is 6.92 Å². The summed E-state index contributed by atoms with van der Waals surface area (Å²) in [6.07, 6.45) is 3.98. The number of hydrogen-bond donors (Lipinski definition) is 1. The Labute approximate surface area is 157 Å². The molecule has 1 aromatic carbocycles. The van der Waals surface area contributed by atoms with Crippen molar-refractivity contribution in [2.75, 3.05) is 19.0 Å². The molecule has 138 valence electrons. The Morgan fingerprint density at radius 1 is 1.23 bits per heavy atom. The van der Waals surface area contributed by atoms with Crippen molar-refractivity contribution in [3.8, 4) is 5.75 Å². The van der Waals surface area contributed by atoms with E-state index in [0.29, 0.717) is 22.7 Å². The number of hydrogen-bond acceptors (Lipinski definition) is 5. The predicted octanol–water partition coefficient (Wildman–Crippen LogP) is 4.37. The number of nitrogens with one attached hydrogen (secondary N) is 1. The van der Waals surface area contributed by atoms with E-state index in [1.54, 1.807) is 32.2 Å². The summed E-state index contributed by atoms with van der Waals surface area (Å²) in [5.74, 6) is 0.147. The Morgan fingerprint density at radius 3 is 2.69 bits per heavy atom. The van der Waals surface area contributed by atoms with Crippen LogP contribution in [-0.2, 0) is 17.6 Å². The van der Waals surface area contributed by atoms with Crippen LogP contribution in [0.15, 0.2) is 18.2 Å². The topological polar surface area (TPSA) is 64.6 Å². The van der Waals surface area contributed by atoms with Gasteiger partial charge < -0.3 is 14.8 Å². The molecule has 2 aromatic rings. The molecule has 1 heterocycles. The first kappa shape index (κ1) is 18.5. The lowest BCUT2D eigenvalue weighted by atomic mass is 9.95. The summed E-state index contributed by atoms with van der Waals surface area (Å²) < 4.78 is 10.5. The number of aryl methyl sites for hydroxylation is 2. The summed E-state index contributed by atoms with van der Waals surface area (Å²) >= 11 is 1.49. The van der Waals surface area contributed by atoms with Crippen LogP contribution in [-0.4, -0.2) is 25.6 Å². The van der Waals surface area contributed by atoms with Gasteiger partial charge in [0, 0.05) is 10.4 Å². The van der Waals surface area contributed by atoms with Crippen LogP contribution in [0.3, 0.4) is 0 Å². The van der Waals surface area contributed by atoms with Crippen LogP contribution in [0.2, 0.25) is 0 Å². The first-order chi connectivity index (χ1) is 12.5. The highest BCUT2D eigenvalue weighted by Gasteiger charge is 2.27. The minimum atomic E-state index is -0.354. The molecule has 0 radical (unpaired) electrons. The second kappa shape index (κ2) is 7.91. The molecule has 6 heteroatoms. The molecule has 0 fully saturated rings. The van der Waals surface area contributed by atoms with E-state index in [0.717, 1.165) is 42.6 Å². The quantitative estimate of drug-likeness (QED) is 0.790. The van der Waals surface area contributed by atoms with Gasteiger partial charge in [-0.05, 0) is 68.9 Å². The van der Waals surface area contributed by atoms with Crippen molar-refractivity contribution in [1.82, 2.24) is 0 Å². The Morgan fingerprint density at radius 2 is 2.00 bits per heavy atom. The van der Waals surface area contributed by atoms with Crippen molar-refractivity contribution in [1.29, 1.82) is 0 Å². The number of carbonyl (C=O) groups excluding carboxylic acids is 2. The Hall–Kier alpha value is -2.34. The molecule has 0 aliphatic heterocycles. The fraction of sp³-hybridized carbons (Fsp3) is 0.400. The van der Waals surface area contributed by atoms with Gasteiger partial charge >= 0.3 is 5.97 Å². The average molecular weight is 373 g/mol. The van der Waals surface area contributed by atoms with Crippen molar-refractivity contribution >= 4 is 28.2 Å². The molecule has 0 bridgehead atoms. The van der Waals surface area contributed by atoms with Gasteiger partial charge in [0.25, 0.3) is 5.91 Å². The van der Waals surface area contributed by atoms with Gasteiger partial charge in [-0.25, -0.2) is 4.79 Å². The zero-order chi connectivity index (χ0) is 18.7. The number of ether oxygens (including phenoxy) is 2. The number of thiophene rings is 1. The lowest BCUT2D eigenvalue weighted by molar-refractivity contribution is 0.0526. The van der Waals surface area contributed by atoms with E-state index in [4.69, 9.17) is 9.47 Å². The highest BCUT2D eigenvalue weighted by Crippen LogP contribution is 2.38. The minimum Gasteiger partial charge on any atom is -0.496 e. The van der Waals surface area contributed by atoms with E-state index in [-0.39, 0.29) is 11.9 Å². The van der Waals surface area contributed by atoms with E-state index in [1.165, 1.54) is 16.2 Å². The summed E-state index contributed by atoms with van der Waals surface area (Å²) in [6, 6.07) is 5.28. The first-order valence-corrected chi connectivity index (χ1v) is 9.64. The highest BCUT2D eigenvalue weighted by atomic mass is 32.1. The van der Waals surface area contributed by atoms with Crippen LogP contribution in [0, 0.1) is 6.92 Å². The molecule has 1 aliphatic rings. The third-order valence-electron chi connectivity index (χ3n) is 4.53. The second-order valence-corrected chi connectivity index (χ2v) is 7.38. The van der Waals surface area contributed by atoms with E-state index < -0.39 is 0 Å². The predicted molar refractivity (Wildman–Crippen MR) is 103 cm³/mol. The number of benzene rings is 1. The van der Waals surface area contributed by atoms with Crippen molar-refractivity contribution in [3.05, 3.63) is 45.3 Å². The van der Waals surface area contributed by atoms with E-state index in [2.05, 4.69) is 5.32 Å². The number of amides is 1. The molecule has 5 nitrogen and oxygen atoms in total. The monoisotopic (exact) mass is 373 g/mol. The van der Waals surface area contributed by atoms with Crippen molar-refractivity contribution < 1.29 is 19.1 Å². The van der Waals surface area contributed by atoms with Gasteiger partial charge in [0.1, 0.15) is 10.8 Å². The maximum absolute atomic E-state index is 12.7. The van der Waals surface area contributed by atoms with Gasteiger partial charge in [0.05, 0.1) is 19.3 Å². The molecule has 1 aliphatic carbocycles. The Bertz CT molecular complexity index is 841. The number of methoxy groups -OCH3 is 1. The summed E-state index contributed by atoms with van der Waals surface area (Å²) in [5, 5.41) is 3.52. The molecule has 0 saturated carbocycles. The molecule has 26 heavy (non-hydrogen) atoms. The molecule has 0 saturated heterocycles. The van der Waals surface area contributed by atoms with Gasteiger partial charge in [-0.2, -0.15) is 0 Å². The third-order valence-corrected chi connectivity index (χ3v) is 5.74. The maximum atomic E-state index is 12.7. The normalized spacial score (nSPS) is 13.0. The molecular weight excluding hydrogens is 350 g/mol. The number of esters is 1. The molecule has 0 unspecified atom stereocenters. The molecule has 1 N–H and O–H groups in total. The van der Waals surface area contributed by atoms with Crippen molar-refractivity contribution in [2.24, 2.45) is 0 Å². The van der Waals surface area contributed by atoms with Crippen LogP contribution in [0.4, 0.5) is 5.00 Å². The highest BCUT2D eigenvalue weighted by molar-refractivity contribution is 7.17. The minimum absolute atomic E-state index is 0.236. The lowest BCUT2D eigenvalue weighted by Crippen LogP contribution is -2.16. The number of rotatable bonds is 5. The first-order valence-electron chi connectivity index (χ1n) is 8.82. The number of fused-ring (bicyclic) bond motifs is 1. The van der Waals surface area contributed by atoms with Crippen molar-refractivity contribution in [3.63, 3.8) is 0 Å². The van der Waals surface area contributed by atoms with E-state index in [9.17, 15) is 9.59 Å². The summed E-state index contributed by atoms with van der Waals surface area (Å²) in [7, 11) is 1.60. The second-order valence-electron chi connectivity index (χ2n) is 6.27. The number of carbonyl (C=O) groups is 2. The summed E-state index contributed by atoms with van der Waals surface area (Å²) in [6.45, 7) is 3.99. The lowest BCUT2D eigenvalue weighted by Gasteiger charge is -2.12. The molecule has 0 spiro atoms.